The second-order valence-corrected chi connectivity index (χ2v) is 5.35. The molecule has 2 aromatic rings. The fourth-order valence-corrected chi connectivity index (χ4v) is 2.55. The van der Waals surface area contributed by atoms with Crippen LogP contribution in [-0.4, -0.2) is 47.7 Å². The van der Waals surface area contributed by atoms with Crippen LogP contribution in [0.4, 0.5) is 0 Å². The zero-order valence-electron chi connectivity index (χ0n) is 12.8. The van der Waals surface area contributed by atoms with E-state index in [4.69, 9.17) is 9.47 Å². The number of ether oxygens (including phenoxy) is 2. The van der Waals surface area contributed by atoms with E-state index in [9.17, 15) is 0 Å². The molecule has 1 atom stereocenters. The number of benzene rings is 1. The number of hydrogen-bond donors (Lipinski definition) is 0. The Morgan fingerprint density at radius 2 is 2.14 bits per heavy atom. The van der Waals surface area contributed by atoms with Crippen molar-refractivity contribution >= 4 is 0 Å². The molecule has 0 radical (unpaired) electrons. The summed E-state index contributed by atoms with van der Waals surface area (Å²) in [4.78, 5) is 11.0. The molecule has 1 saturated heterocycles. The van der Waals surface area contributed by atoms with Crippen molar-refractivity contribution in [1.82, 2.24) is 14.9 Å². The second kappa shape index (κ2) is 7.33. The molecular formula is C17H21N3O2. The lowest BCUT2D eigenvalue weighted by Crippen LogP contribution is -2.40. The highest BCUT2D eigenvalue weighted by Crippen LogP contribution is 2.20. The highest BCUT2D eigenvalue weighted by atomic mass is 16.5. The molecule has 5 nitrogen and oxygen atoms in total. The summed E-state index contributed by atoms with van der Waals surface area (Å²) in [5.74, 6) is 1.70. The van der Waals surface area contributed by atoms with Gasteiger partial charge in [0.05, 0.1) is 12.3 Å². The van der Waals surface area contributed by atoms with Crippen LogP contribution in [0.25, 0.3) is 0 Å². The van der Waals surface area contributed by atoms with Crippen molar-refractivity contribution in [2.24, 2.45) is 0 Å². The Hall–Kier alpha value is -1.98. The molecule has 0 aliphatic carbocycles. The second-order valence-electron chi connectivity index (χ2n) is 5.35. The van der Waals surface area contributed by atoms with Crippen molar-refractivity contribution in [1.29, 1.82) is 0 Å². The number of para-hydroxylation sites is 1. The van der Waals surface area contributed by atoms with Gasteiger partial charge in [0.2, 0.25) is 0 Å². The van der Waals surface area contributed by atoms with Crippen molar-refractivity contribution < 1.29 is 9.47 Å². The molecule has 22 heavy (non-hydrogen) atoms. The fraction of sp³-hybridized carbons (Fsp3) is 0.412. The maximum absolute atomic E-state index is 5.84. The molecule has 0 unspecified atom stereocenters. The van der Waals surface area contributed by atoms with E-state index in [1.54, 1.807) is 6.20 Å². The number of hydrogen-bond acceptors (Lipinski definition) is 5. The molecule has 5 heteroatoms. The molecule has 0 bridgehead atoms. The molecule has 2 heterocycles. The Balaban J connectivity index is 1.50. The van der Waals surface area contributed by atoms with Crippen LogP contribution in [0.1, 0.15) is 17.6 Å². The molecule has 0 saturated carbocycles. The minimum absolute atomic E-state index is 0.0205. The average molecular weight is 299 g/mol. The summed E-state index contributed by atoms with van der Waals surface area (Å²) in [6, 6.07) is 11.8. The Morgan fingerprint density at radius 1 is 1.27 bits per heavy atom. The number of rotatable bonds is 5. The zero-order valence-corrected chi connectivity index (χ0v) is 12.8. The van der Waals surface area contributed by atoms with Gasteiger partial charge in [-0.2, -0.15) is 0 Å². The third-order valence-electron chi connectivity index (χ3n) is 3.70. The Labute approximate surface area is 130 Å². The van der Waals surface area contributed by atoms with Crippen LogP contribution in [0.5, 0.6) is 5.75 Å². The van der Waals surface area contributed by atoms with Gasteiger partial charge in [-0.05, 0) is 25.1 Å². The maximum atomic E-state index is 5.84. The van der Waals surface area contributed by atoms with Gasteiger partial charge < -0.3 is 9.47 Å². The van der Waals surface area contributed by atoms with Gasteiger partial charge in [-0.15, -0.1) is 0 Å². The van der Waals surface area contributed by atoms with Crippen LogP contribution in [0.3, 0.4) is 0 Å². The van der Waals surface area contributed by atoms with Gasteiger partial charge in [-0.25, -0.2) is 9.97 Å². The third kappa shape index (κ3) is 4.02. The van der Waals surface area contributed by atoms with E-state index in [1.807, 2.05) is 43.3 Å². The summed E-state index contributed by atoms with van der Waals surface area (Å²) in [7, 11) is 0. The van der Waals surface area contributed by atoms with E-state index in [-0.39, 0.29) is 6.10 Å². The van der Waals surface area contributed by atoms with Gasteiger partial charge in [0.1, 0.15) is 24.3 Å². The highest BCUT2D eigenvalue weighted by Gasteiger charge is 2.23. The lowest BCUT2D eigenvalue weighted by atomic mass is 10.2. The molecule has 1 fully saturated rings. The molecule has 1 aromatic carbocycles. The smallest absolute Gasteiger partial charge is 0.125 e. The van der Waals surface area contributed by atoms with Crippen LogP contribution in [0.2, 0.25) is 0 Å². The molecule has 1 aliphatic heterocycles. The monoisotopic (exact) mass is 299 g/mol. The molecule has 1 aromatic heterocycles. The Bertz CT molecular complexity index is 591. The van der Waals surface area contributed by atoms with E-state index in [2.05, 4.69) is 14.9 Å². The first kappa shape index (κ1) is 14.9. The molecular weight excluding hydrogens is 278 g/mol. The lowest BCUT2D eigenvalue weighted by Gasteiger charge is -2.32. The number of aromatic nitrogens is 2. The van der Waals surface area contributed by atoms with Gasteiger partial charge in [-0.1, -0.05) is 18.2 Å². The quantitative estimate of drug-likeness (QED) is 0.847. The molecule has 0 spiro atoms. The summed E-state index contributed by atoms with van der Waals surface area (Å²) < 4.78 is 11.6. The fourth-order valence-electron chi connectivity index (χ4n) is 2.55. The molecule has 1 aliphatic rings. The predicted octanol–water partition coefficient (Wildman–Crippen LogP) is 2.24. The third-order valence-corrected chi connectivity index (χ3v) is 3.70. The Morgan fingerprint density at radius 3 is 2.95 bits per heavy atom. The van der Waals surface area contributed by atoms with Gasteiger partial charge >= 0.3 is 0 Å². The van der Waals surface area contributed by atoms with E-state index >= 15 is 0 Å². The van der Waals surface area contributed by atoms with Crippen LogP contribution >= 0.6 is 0 Å². The first-order chi connectivity index (χ1) is 10.8. The summed E-state index contributed by atoms with van der Waals surface area (Å²) in [5, 5.41) is 0. The van der Waals surface area contributed by atoms with Crippen LogP contribution in [0.15, 0.2) is 42.6 Å². The summed E-state index contributed by atoms with van der Waals surface area (Å²) in [6.07, 6.45) is 1.81. The van der Waals surface area contributed by atoms with Gasteiger partial charge in [0.25, 0.3) is 0 Å². The average Bonchev–Trinajstić information content (AvgIpc) is 2.56. The molecule has 116 valence electrons. The van der Waals surface area contributed by atoms with Crippen LogP contribution in [-0.2, 0) is 4.74 Å². The van der Waals surface area contributed by atoms with Crippen molar-refractivity contribution in [3.63, 3.8) is 0 Å². The largest absolute Gasteiger partial charge is 0.492 e. The molecule has 0 amide bonds. The molecule has 3 rings (SSSR count). The van der Waals surface area contributed by atoms with Crippen molar-refractivity contribution in [3.8, 4) is 5.75 Å². The topological polar surface area (TPSA) is 47.5 Å². The minimum atomic E-state index is 0.0205. The summed E-state index contributed by atoms with van der Waals surface area (Å²) >= 11 is 0. The normalized spacial score (nSPS) is 19.0. The minimum Gasteiger partial charge on any atom is -0.492 e. The van der Waals surface area contributed by atoms with Gasteiger partial charge in [0.15, 0.2) is 0 Å². The van der Waals surface area contributed by atoms with Crippen molar-refractivity contribution in [2.45, 2.75) is 13.0 Å². The SMILES string of the molecule is Cc1nccc([C@H]2CN(CCOc3ccccc3)CCO2)n1. The standard InChI is InChI=1S/C17H21N3O2/c1-14-18-8-7-16(19-14)17-13-20(10-12-22-17)9-11-21-15-5-3-2-4-6-15/h2-8,17H,9-13H2,1H3/t17-/m1/s1. The summed E-state index contributed by atoms with van der Waals surface area (Å²) in [5.41, 5.74) is 0.959. The summed E-state index contributed by atoms with van der Waals surface area (Å²) in [6.45, 7) is 5.96. The number of aryl methyl sites for hydroxylation is 1. The molecule has 0 N–H and O–H groups in total. The number of nitrogens with zero attached hydrogens (tertiary/aromatic N) is 3. The Kier molecular flexibility index (Phi) is 4.98. The van der Waals surface area contributed by atoms with E-state index in [0.29, 0.717) is 6.61 Å². The van der Waals surface area contributed by atoms with E-state index in [0.717, 1.165) is 43.5 Å². The van der Waals surface area contributed by atoms with Crippen molar-refractivity contribution in [2.75, 3.05) is 32.8 Å². The van der Waals surface area contributed by atoms with Gasteiger partial charge in [0, 0.05) is 25.8 Å². The van der Waals surface area contributed by atoms with Gasteiger partial charge in [-0.3, -0.25) is 4.90 Å². The highest BCUT2D eigenvalue weighted by molar-refractivity contribution is 5.20. The van der Waals surface area contributed by atoms with Crippen molar-refractivity contribution in [3.05, 3.63) is 54.1 Å². The first-order valence-electron chi connectivity index (χ1n) is 7.62. The van der Waals surface area contributed by atoms with E-state index in [1.165, 1.54) is 0 Å². The van der Waals surface area contributed by atoms with E-state index < -0.39 is 0 Å². The van der Waals surface area contributed by atoms with Crippen LogP contribution < -0.4 is 4.74 Å². The zero-order chi connectivity index (χ0) is 15.2. The predicted molar refractivity (Wildman–Crippen MR) is 83.8 cm³/mol. The maximum Gasteiger partial charge on any atom is 0.125 e. The number of morpholine rings is 1. The van der Waals surface area contributed by atoms with Crippen LogP contribution in [0, 0.1) is 6.92 Å². The lowest BCUT2D eigenvalue weighted by molar-refractivity contribution is -0.0350. The first-order valence-corrected chi connectivity index (χ1v) is 7.62.